The fourth-order valence-electron chi connectivity index (χ4n) is 5.86. The standard InChI is InChI=1S/C27H17IN.Al.HI/c1-26-16-10-12-27(26,28)13-11-17(26)15-23-22(14-16)24-20-8-4-2-6-18(20)19-7-3-5-9-21(19)25(24)29-23;;/h2-15H,1H3;;1H/q-1;+2;/p-1. The van der Waals surface area contributed by atoms with E-state index in [1.807, 2.05) is 0 Å². The molecule has 0 saturated carbocycles. The van der Waals surface area contributed by atoms with Crippen LogP contribution in [0.4, 0.5) is 0 Å². The Labute approximate surface area is 212 Å². The highest BCUT2D eigenvalue weighted by molar-refractivity contribution is 14.1. The number of rotatable bonds is 1. The second-order valence-corrected chi connectivity index (χ2v) is 13.0. The molecule has 4 aromatic rings. The molecule has 3 aliphatic rings. The summed E-state index contributed by atoms with van der Waals surface area (Å²) in [6.07, 6.45) is 14.5. The smallest absolute Gasteiger partial charge is 0.430 e. The highest BCUT2D eigenvalue weighted by atomic mass is 127. The molecule has 2 atom stereocenters. The molecule has 0 amide bonds. The maximum atomic E-state index is 2.64. The van der Waals surface area contributed by atoms with Crippen LogP contribution in [0.1, 0.15) is 18.2 Å². The SMILES string of the molecule is CC12C3=Cc4c([n]([Al][I])c5c6ccccc6c6ccccc6c45)C=C1C=CC2(I)C=C3. The zero-order chi connectivity index (χ0) is 21.0. The minimum Gasteiger partial charge on any atom is -0.430 e. The third kappa shape index (κ3) is 2.23. The van der Waals surface area contributed by atoms with Gasteiger partial charge in [-0.25, -0.2) is 0 Å². The van der Waals surface area contributed by atoms with E-state index in [2.05, 4.69) is 138 Å². The highest BCUT2D eigenvalue weighted by Gasteiger charge is 2.54. The van der Waals surface area contributed by atoms with Crippen molar-refractivity contribution in [2.24, 2.45) is 5.41 Å². The van der Waals surface area contributed by atoms with Crippen LogP contribution in [0.25, 0.3) is 44.6 Å². The molecular weight excluding hydrogens is 619 g/mol. The molecule has 0 spiro atoms. The average Bonchev–Trinajstić information content (AvgIpc) is 3.29. The third-order valence-electron chi connectivity index (χ3n) is 7.57. The van der Waals surface area contributed by atoms with E-state index in [9.17, 15) is 0 Å². The lowest BCUT2D eigenvalue weighted by atomic mass is 9.74. The van der Waals surface area contributed by atoms with E-state index in [0.29, 0.717) is 0 Å². The maximum absolute atomic E-state index is 2.64. The number of hydrogen-bond acceptors (Lipinski definition) is 0. The summed E-state index contributed by atoms with van der Waals surface area (Å²) in [5, 5.41) is 6.83. The normalized spacial score (nSPS) is 25.6. The summed E-state index contributed by atoms with van der Waals surface area (Å²) in [7, 11) is 0. The van der Waals surface area contributed by atoms with Gasteiger partial charge in [-0.05, 0) is 46.4 Å². The Balaban J connectivity index is 1.75. The van der Waals surface area contributed by atoms with E-state index in [0.717, 1.165) is 0 Å². The Morgan fingerprint density at radius 1 is 0.806 bits per heavy atom. The van der Waals surface area contributed by atoms with Crippen LogP contribution in [0.15, 0.2) is 84.0 Å². The van der Waals surface area contributed by atoms with Crippen molar-refractivity contribution in [3.63, 3.8) is 0 Å². The molecule has 4 heteroatoms. The number of nitrogens with zero attached hydrogens (tertiary/aromatic N) is 1. The Kier molecular flexibility index (Phi) is 3.94. The van der Waals surface area contributed by atoms with Crippen molar-refractivity contribution < 1.29 is 0 Å². The van der Waals surface area contributed by atoms with E-state index < -0.39 is 0 Å². The molecule has 0 bridgehead atoms. The fraction of sp³-hybridized carbons (Fsp3) is 0.111. The molecule has 0 N–H and O–H groups in total. The summed E-state index contributed by atoms with van der Waals surface area (Å²) < 4.78 is 2.65. The van der Waals surface area contributed by atoms with Crippen LogP contribution >= 0.6 is 42.9 Å². The Morgan fingerprint density at radius 3 is 2.06 bits per heavy atom. The summed E-state index contributed by atoms with van der Waals surface area (Å²) in [6, 6.07) is 17.9. The van der Waals surface area contributed by atoms with E-state index in [1.165, 1.54) is 54.9 Å². The number of allylic oxidation sites excluding steroid dienone is 6. The molecule has 0 aliphatic heterocycles. The molecule has 0 fully saturated rings. The van der Waals surface area contributed by atoms with Gasteiger partial charge in [-0.15, -0.1) is 0 Å². The summed E-state index contributed by atoms with van der Waals surface area (Å²) in [5.41, 5.74) is 7.02. The number of halogens is 2. The first-order valence-corrected chi connectivity index (χ1v) is 16.3. The Morgan fingerprint density at radius 2 is 1.39 bits per heavy atom. The Bertz CT molecular complexity index is 1600. The molecule has 1 aromatic heterocycles. The number of hydrogen-bond donors (Lipinski definition) is 0. The molecule has 31 heavy (non-hydrogen) atoms. The lowest BCUT2D eigenvalue weighted by Crippen LogP contribution is -2.32. The second kappa shape index (κ2) is 6.38. The van der Waals surface area contributed by atoms with Crippen molar-refractivity contribution in [1.82, 2.24) is 3.55 Å². The minimum atomic E-state index is 0.0109. The van der Waals surface area contributed by atoms with E-state index >= 15 is 0 Å². The molecule has 0 saturated heterocycles. The van der Waals surface area contributed by atoms with Crippen LogP contribution in [0.5, 0.6) is 0 Å². The quantitative estimate of drug-likeness (QED) is 0.0869. The lowest BCUT2D eigenvalue weighted by molar-refractivity contribution is 0.519. The maximum Gasteiger partial charge on any atom is 0.478 e. The van der Waals surface area contributed by atoms with Crippen LogP contribution in [-0.4, -0.2) is 19.1 Å². The van der Waals surface area contributed by atoms with Crippen molar-refractivity contribution in [3.05, 3.63) is 95.2 Å². The van der Waals surface area contributed by atoms with Crippen molar-refractivity contribution >= 4 is 99.6 Å². The summed E-state index contributed by atoms with van der Waals surface area (Å²) in [4.78, 5) is 0. The van der Waals surface area contributed by atoms with Crippen LogP contribution in [-0.2, 0) is 0 Å². The lowest BCUT2D eigenvalue weighted by Gasteiger charge is -2.34. The summed E-state index contributed by atoms with van der Waals surface area (Å²) >= 11 is 5.32. The van der Waals surface area contributed by atoms with Crippen molar-refractivity contribution in [3.8, 4) is 0 Å². The van der Waals surface area contributed by atoms with Gasteiger partial charge < -0.3 is 3.55 Å². The first-order valence-electron chi connectivity index (χ1n) is 10.5. The third-order valence-corrected chi connectivity index (χ3v) is 11.8. The van der Waals surface area contributed by atoms with Gasteiger partial charge in [-0.3, -0.25) is 0 Å². The number of aromatic nitrogens is 1. The monoisotopic (exact) mass is 636 g/mol. The van der Waals surface area contributed by atoms with Crippen LogP contribution in [0, 0.1) is 5.41 Å². The summed E-state index contributed by atoms with van der Waals surface area (Å²) in [6.45, 7) is 2.42. The van der Waals surface area contributed by atoms with Gasteiger partial charge in [0.2, 0.25) is 0 Å². The van der Waals surface area contributed by atoms with Crippen molar-refractivity contribution in [2.45, 2.75) is 10.3 Å². The zero-order valence-corrected chi connectivity index (χ0v) is 22.3. The van der Waals surface area contributed by atoms with Crippen LogP contribution in [0.3, 0.4) is 0 Å². The molecule has 1 nitrogen and oxygen atoms in total. The topological polar surface area (TPSA) is 4.93 Å². The first kappa shape index (κ1) is 19.2. The molecule has 3 aliphatic carbocycles. The van der Waals surface area contributed by atoms with E-state index in [1.54, 1.807) is 0 Å². The molecule has 3 aromatic carbocycles. The van der Waals surface area contributed by atoms with Gasteiger partial charge in [0.05, 0.1) is 3.42 Å². The minimum absolute atomic E-state index is 0.0109. The van der Waals surface area contributed by atoms with Crippen molar-refractivity contribution in [1.29, 1.82) is 0 Å². The van der Waals surface area contributed by atoms with E-state index in [4.69, 9.17) is 0 Å². The van der Waals surface area contributed by atoms with Gasteiger partial charge in [-0.2, -0.15) is 20.3 Å². The predicted molar refractivity (Wildman–Crippen MR) is 151 cm³/mol. The van der Waals surface area contributed by atoms with Gasteiger partial charge >= 0.3 is 12.2 Å². The highest BCUT2D eigenvalue weighted by Crippen LogP contribution is 2.62. The summed E-state index contributed by atoms with van der Waals surface area (Å²) in [5.74, 6) is 0. The zero-order valence-electron chi connectivity index (χ0n) is 16.9. The van der Waals surface area contributed by atoms with Gasteiger partial charge in [0.15, 0.2) is 0 Å². The fourth-order valence-corrected chi connectivity index (χ4v) is 9.26. The molecule has 7 rings (SSSR count). The molecule has 2 unspecified atom stereocenters. The first-order chi connectivity index (χ1) is 15.1. The predicted octanol–water partition coefficient (Wildman–Crippen LogP) is 7.87. The molecule has 1 radical (unpaired) electrons. The molecular formula is C27H17AlI2N. The van der Waals surface area contributed by atoms with Gasteiger partial charge in [0.1, 0.15) is 0 Å². The number of fused-ring (bicyclic) bond motifs is 8. The number of alkyl halides is 1. The van der Waals surface area contributed by atoms with Crippen molar-refractivity contribution in [2.75, 3.05) is 0 Å². The van der Waals surface area contributed by atoms with Gasteiger partial charge in [-0.1, -0.05) is 95.4 Å². The van der Waals surface area contributed by atoms with E-state index in [-0.39, 0.29) is 21.0 Å². The Hall–Kier alpha value is -1.33. The van der Waals surface area contributed by atoms with Crippen LogP contribution < -0.4 is 0 Å². The van der Waals surface area contributed by atoms with Crippen LogP contribution in [0.2, 0.25) is 0 Å². The molecule has 1 heterocycles. The number of benzene rings is 3. The largest absolute Gasteiger partial charge is 0.478 e. The van der Waals surface area contributed by atoms with Gasteiger partial charge in [0.25, 0.3) is 0 Å². The average molecular weight is 636 g/mol. The van der Waals surface area contributed by atoms with Gasteiger partial charge in [0, 0.05) is 33.0 Å². The second-order valence-electron chi connectivity index (χ2n) is 8.84. The molecule has 147 valence electrons.